The Balaban J connectivity index is 1.53. The van der Waals surface area contributed by atoms with E-state index in [0.717, 1.165) is 33.3 Å². The van der Waals surface area contributed by atoms with Gasteiger partial charge >= 0.3 is 0 Å². The van der Waals surface area contributed by atoms with Crippen LogP contribution >= 0.6 is 11.6 Å². The second kappa shape index (κ2) is 5.12. The van der Waals surface area contributed by atoms with Crippen molar-refractivity contribution in [2.45, 2.75) is 57.0 Å². The molecule has 4 heterocycles. The third-order valence-electron chi connectivity index (χ3n) is 6.48. The van der Waals surface area contributed by atoms with E-state index in [1.165, 1.54) is 38.8 Å². The second-order valence-corrected chi connectivity index (χ2v) is 8.48. The Kier molecular flexibility index (Phi) is 3.21. The summed E-state index contributed by atoms with van der Waals surface area (Å²) in [6.07, 6.45) is 5.25. The molecule has 1 aromatic carbocycles. The highest BCUT2D eigenvalue weighted by Gasteiger charge is 2.60. The topological polar surface area (TPSA) is 41.3 Å². The molecule has 0 unspecified atom stereocenters. The van der Waals surface area contributed by atoms with Crippen molar-refractivity contribution >= 4 is 28.4 Å². The van der Waals surface area contributed by atoms with Crippen LogP contribution in [0, 0.1) is 5.92 Å². The van der Waals surface area contributed by atoms with Gasteiger partial charge in [0.2, 0.25) is 0 Å². The van der Waals surface area contributed by atoms with Crippen molar-refractivity contribution in [1.29, 1.82) is 0 Å². The summed E-state index contributed by atoms with van der Waals surface area (Å²) in [4.78, 5) is 2.71. The number of nitrogens with zero attached hydrogens (tertiary/aromatic N) is 2. The molecule has 3 saturated heterocycles. The van der Waals surface area contributed by atoms with Crippen molar-refractivity contribution in [3.63, 3.8) is 0 Å². The SMILES string of the molecule is CC(C)c1c(Cl)ccc2c(N[C@@H]3C4CCN(CC4)C34CC4)noc12. The van der Waals surface area contributed by atoms with Crippen LogP contribution in [0.25, 0.3) is 11.0 Å². The van der Waals surface area contributed by atoms with Crippen LogP contribution in [0.4, 0.5) is 5.82 Å². The Morgan fingerprint density at radius 2 is 2.04 bits per heavy atom. The summed E-state index contributed by atoms with van der Waals surface area (Å²) in [6, 6.07) is 4.53. The summed E-state index contributed by atoms with van der Waals surface area (Å²) >= 11 is 6.39. The normalized spacial score (nSPS) is 30.4. The number of fused-ring (bicyclic) bond motifs is 3. The number of anilines is 1. The molecule has 5 heteroatoms. The van der Waals surface area contributed by atoms with Crippen LogP contribution in [0.5, 0.6) is 0 Å². The molecule has 1 saturated carbocycles. The molecule has 4 aliphatic rings. The summed E-state index contributed by atoms with van der Waals surface area (Å²) in [5, 5.41) is 10.0. The summed E-state index contributed by atoms with van der Waals surface area (Å²) < 4.78 is 5.72. The lowest BCUT2D eigenvalue weighted by atomic mass is 9.77. The second-order valence-electron chi connectivity index (χ2n) is 8.07. The van der Waals surface area contributed by atoms with E-state index in [0.29, 0.717) is 17.5 Å². The number of benzene rings is 1. The maximum Gasteiger partial charge on any atom is 0.177 e. The van der Waals surface area contributed by atoms with Gasteiger partial charge in [0.15, 0.2) is 11.4 Å². The molecule has 128 valence electrons. The van der Waals surface area contributed by atoms with Crippen molar-refractivity contribution < 1.29 is 4.52 Å². The number of nitrogens with one attached hydrogen (secondary N) is 1. The number of piperidine rings is 3. The number of hydrogen-bond acceptors (Lipinski definition) is 4. The average molecular weight is 346 g/mol. The van der Waals surface area contributed by atoms with Crippen LogP contribution in [0.15, 0.2) is 16.7 Å². The van der Waals surface area contributed by atoms with Crippen LogP contribution in [-0.4, -0.2) is 34.7 Å². The first-order valence-electron chi connectivity index (χ1n) is 9.19. The third-order valence-corrected chi connectivity index (χ3v) is 6.81. The van der Waals surface area contributed by atoms with Crippen LogP contribution < -0.4 is 5.32 Å². The van der Waals surface area contributed by atoms with Gasteiger partial charge in [-0.05, 0) is 62.7 Å². The maximum atomic E-state index is 6.39. The van der Waals surface area contributed by atoms with Gasteiger partial charge < -0.3 is 9.84 Å². The van der Waals surface area contributed by atoms with E-state index in [4.69, 9.17) is 16.1 Å². The maximum absolute atomic E-state index is 6.39. The fraction of sp³-hybridized carbons (Fsp3) is 0.632. The van der Waals surface area contributed by atoms with E-state index in [-0.39, 0.29) is 0 Å². The minimum absolute atomic E-state index is 0.313. The van der Waals surface area contributed by atoms with Gasteiger partial charge in [0, 0.05) is 22.2 Å². The molecule has 1 atom stereocenters. The smallest absolute Gasteiger partial charge is 0.177 e. The van der Waals surface area contributed by atoms with E-state index >= 15 is 0 Å². The molecule has 4 fully saturated rings. The number of hydrogen-bond donors (Lipinski definition) is 1. The Morgan fingerprint density at radius 1 is 1.29 bits per heavy atom. The standard InChI is InChI=1S/C19H24ClN3O/c1-11(2)15-14(20)4-3-13-16(15)24-22-18(13)21-17-12-5-9-23(10-6-12)19(17)7-8-19/h3-4,11-12,17H,5-10H2,1-2H3,(H,21,22)/t17-/m1/s1. The Hall–Kier alpha value is -1.26. The lowest BCUT2D eigenvalue weighted by Crippen LogP contribution is -2.62. The number of rotatable bonds is 3. The molecule has 3 aliphatic heterocycles. The van der Waals surface area contributed by atoms with Crippen molar-refractivity contribution in [2.75, 3.05) is 18.4 Å². The zero-order valence-corrected chi connectivity index (χ0v) is 15.1. The third kappa shape index (κ3) is 1.99. The van der Waals surface area contributed by atoms with Gasteiger partial charge in [0.1, 0.15) is 0 Å². The van der Waals surface area contributed by atoms with Gasteiger partial charge in [-0.1, -0.05) is 30.6 Å². The highest BCUT2D eigenvalue weighted by molar-refractivity contribution is 6.32. The molecule has 24 heavy (non-hydrogen) atoms. The van der Waals surface area contributed by atoms with Gasteiger partial charge in [-0.2, -0.15) is 0 Å². The van der Waals surface area contributed by atoms with Crippen LogP contribution in [0.1, 0.15) is 51.0 Å². The molecule has 0 amide bonds. The highest BCUT2D eigenvalue weighted by atomic mass is 35.5. The first-order valence-corrected chi connectivity index (χ1v) is 9.57. The minimum Gasteiger partial charge on any atom is -0.362 e. The van der Waals surface area contributed by atoms with Crippen molar-refractivity contribution in [1.82, 2.24) is 10.1 Å². The zero-order chi connectivity index (χ0) is 16.5. The van der Waals surface area contributed by atoms with Crippen molar-refractivity contribution in [3.8, 4) is 0 Å². The summed E-state index contributed by atoms with van der Waals surface area (Å²) in [6.45, 7) is 6.83. The lowest BCUT2D eigenvalue weighted by molar-refractivity contribution is 0.0202. The van der Waals surface area contributed by atoms with Gasteiger partial charge in [0.25, 0.3) is 0 Å². The van der Waals surface area contributed by atoms with E-state index in [9.17, 15) is 0 Å². The average Bonchev–Trinajstić information content (AvgIpc) is 3.25. The molecule has 4 nitrogen and oxygen atoms in total. The monoisotopic (exact) mass is 345 g/mol. The molecule has 2 bridgehead atoms. The molecule has 6 rings (SSSR count). The highest BCUT2D eigenvalue weighted by Crippen LogP contribution is 2.54. The predicted molar refractivity (Wildman–Crippen MR) is 96.8 cm³/mol. The fourth-order valence-electron chi connectivity index (χ4n) is 5.11. The van der Waals surface area contributed by atoms with Gasteiger partial charge in [0.05, 0.1) is 5.39 Å². The Morgan fingerprint density at radius 3 is 2.71 bits per heavy atom. The predicted octanol–water partition coefficient (Wildman–Crippen LogP) is 4.64. The molecular formula is C19H24ClN3O. The van der Waals surface area contributed by atoms with E-state index < -0.39 is 0 Å². The first kappa shape index (κ1) is 15.0. The van der Waals surface area contributed by atoms with E-state index in [2.05, 4.69) is 29.2 Å². The molecule has 1 N–H and O–H groups in total. The van der Waals surface area contributed by atoms with E-state index in [1.54, 1.807) is 0 Å². The van der Waals surface area contributed by atoms with Crippen LogP contribution in [0.2, 0.25) is 5.02 Å². The number of aromatic nitrogens is 1. The van der Waals surface area contributed by atoms with Crippen LogP contribution in [0.3, 0.4) is 0 Å². The molecule has 2 aromatic rings. The fourth-order valence-corrected chi connectivity index (χ4v) is 5.48. The molecule has 1 aliphatic carbocycles. The van der Waals surface area contributed by atoms with Gasteiger partial charge in [-0.3, -0.25) is 4.90 Å². The minimum atomic E-state index is 0.313. The van der Waals surface area contributed by atoms with Crippen LogP contribution in [-0.2, 0) is 0 Å². The largest absolute Gasteiger partial charge is 0.362 e. The van der Waals surface area contributed by atoms with Gasteiger partial charge in [-0.25, -0.2) is 0 Å². The Labute approximate surface area is 147 Å². The lowest BCUT2D eigenvalue weighted by Gasteiger charge is -2.52. The summed E-state index contributed by atoms with van der Waals surface area (Å²) in [5.74, 6) is 1.98. The molecular weight excluding hydrogens is 322 g/mol. The van der Waals surface area contributed by atoms with Gasteiger partial charge in [-0.15, -0.1) is 0 Å². The first-order chi connectivity index (χ1) is 11.6. The Bertz CT molecular complexity index is 787. The van der Waals surface area contributed by atoms with E-state index in [1.807, 2.05) is 12.1 Å². The van der Waals surface area contributed by atoms with Crippen molar-refractivity contribution in [2.24, 2.45) is 5.92 Å². The van der Waals surface area contributed by atoms with Crippen molar-refractivity contribution in [3.05, 3.63) is 22.7 Å². The molecule has 1 aromatic heterocycles. The molecule has 1 spiro atoms. The molecule has 0 radical (unpaired) electrons. The summed E-state index contributed by atoms with van der Waals surface area (Å²) in [7, 11) is 0. The quantitative estimate of drug-likeness (QED) is 0.879. The summed E-state index contributed by atoms with van der Waals surface area (Å²) in [5.41, 5.74) is 2.29. The number of halogens is 1. The zero-order valence-electron chi connectivity index (χ0n) is 14.3.